The fraction of sp³-hybridized carbons (Fsp3) is 0.286. The van der Waals surface area contributed by atoms with E-state index in [0.717, 1.165) is 6.20 Å². The van der Waals surface area contributed by atoms with Crippen LogP contribution in [0.2, 0.25) is 0 Å². The summed E-state index contributed by atoms with van der Waals surface area (Å²) in [6.07, 6.45) is -4.07. The maximum Gasteiger partial charge on any atom is 0.573 e. The molecule has 0 aliphatic rings. The van der Waals surface area contributed by atoms with Gasteiger partial charge in [0.1, 0.15) is 0 Å². The second kappa shape index (κ2) is 3.89. The molecule has 0 aliphatic carbocycles. The summed E-state index contributed by atoms with van der Waals surface area (Å²) < 4.78 is 52.2. The molecule has 15 heavy (non-hydrogen) atoms. The molecule has 0 aliphatic heterocycles. The minimum absolute atomic E-state index is 0.209. The van der Waals surface area contributed by atoms with Crippen molar-refractivity contribution in [1.82, 2.24) is 4.98 Å². The Morgan fingerprint density at radius 1 is 1.40 bits per heavy atom. The number of rotatable bonds is 2. The number of hydrogen-bond donors (Lipinski definition) is 2. The van der Waals surface area contributed by atoms with E-state index in [1.54, 1.807) is 0 Å². The number of nitrogens with two attached hydrogens (primary N) is 2. The average Bonchev–Trinajstić information content (AvgIpc) is 2.11. The molecule has 0 unspecified atom stereocenters. The van der Waals surface area contributed by atoms with E-state index in [1.807, 2.05) is 0 Å². The van der Waals surface area contributed by atoms with Crippen LogP contribution in [0, 0.1) is 5.82 Å². The van der Waals surface area contributed by atoms with Gasteiger partial charge in [-0.15, -0.1) is 13.2 Å². The molecule has 1 aromatic rings. The topological polar surface area (TPSA) is 74.2 Å². The van der Waals surface area contributed by atoms with Gasteiger partial charge in [0.25, 0.3) is 0 Å². The van der Waals surface area contributed by atoms with Gasteiger partial charge in [0, 0.05) is 18.3 Å². The lowest BCUT2D eigenvalue weighted by atomic mass is 10.2. The molecule has 0 aromatic carbocycles. The van der Waals surface area contributed by atoms with Crippen LogP contribution < -0.4 is 16.2 Å². The molecule has 0 atom stereocenters. The van der Waals surface area contributed by atoms with E-state index in [9.17, 15) is 17.6 Å². The Morgan fingerprint density at radius 2 is 2.00 bits per heavy atom. The predicted molar refractivity (Wildman–Crippen MR) is 43.2 cm³/mol. The number of halogens is 4. The number of ether oxygens (including phenoxy) is 1. The molecule has 4 nitrogen and oxygen atoms in total. The lowest BCUT2D eigenvalue weighted by Crippen LogP contribution is -2.20. The van der Waals surface area contributed by atoms with Crippen LogP contribution in [-0.4, -0.2) is 11.3 Å². The SMILES string of the molecule is NCc1cnc(N)c(F)c1OC(F)(F)F. The zero-order valence-corrected chi connectivity index (χ0v) is 7.31. The quantitative estimate of drug-likeness (QED) is 0.740. The fourth-order valence-electron chi connectivity index (χ4n) is 0.892. The molecule has 0 bridgehead atoms. The van der Waals surface area contributed by atoms with Crippen LogP contribution in [0.3, 0.4) is 0 Å². The van der Waals surface area contributed by atoms with Gasteiger partial charge < -0.3 is 16.2 Å². The Morgan fingerprint density at radius 3 is 2.47 bits per heavy atom. The summed E-state index contributed by atoms with van der Waals surface area (Å²) in [7, 11) is 0. The minimum atomic E-state index is -5.00. The summed E-state index contributed by atoms with van der Waals surface area (Å²) >= 11 is 0. The van der Waals surface area contributed by atoms with Gasteiger partial charge in [0.05, 0.1) is 0 Å². The summed E-state index contributed by atoms with van der Waals surface area (Å²) in [6.45, 7) is -0.338. The number of nitrogen functional groups attached to an aromatic ring is 1. The van der Waals surface area contributed by atoms with Crippen LogP contribution in [-0.2, 0) is 6.54 Å². The van der Waals surface area contributed by atoms with Crippen LogP contribution in [0.15, 0.2) is 6.20 Å². The molecule has 4 N–H and O–H groups in total. The molecule has 84 valence electrons. The standard InChI is InChI=1S/C7H7F4N3O/c8-4-5(15-7(9,10)11)3(1-12)2-14-6(4)13/h2H,1,12H2,(H2,13,14). The maximum absolute atomic E-state index is 13.1. The highest BCUT2D eigenvalue weighted by Gasteiger charge is 2.34. The lowest BCUT2D eigenvalue weighted by molar-refractivity contribution is -0.275. The number of hydrogen-bond acceptors (Lipinski definition) is 4. The van der Waals surface area contributed by atoms with Crippen LogP contribution in [0.1, 0.15) is 5.56 Å². The van der Waals surface area contributed by atoms with E-state index in [1.165, 1.54) is 0 Å². The smallest absolute Gasteiger partial charge is 0.402 e. The number of aromatic nitrogens is 1. The highest BCUT2D eigenvalue weighted by atomic mass is 19.4. The largest absolute Gasteiger partial charge is 0.573 e. The van der Waals surface area contributed by atoms with Crippen molar-refractivity contribution < 1.29 is 22.3 Å². The van der Waals surface area contributed by atoms with Gasteiger partial charge >= 0.3 is 6.36 Å². The van der Waals surface area contributed by atoms with E-state index in [4.69, 9.17) is 11.5 Å². The number of anilines is 1. The Hall–Kier alpha value is -1.57. The number of nitrogens with zero attached hydrogens (tertiary/aromatic N) is 1. The highest BCUT2D eigenvalue weighted by Crippen LogP contribution is 2.30. The summed E-state index contributed by atoms with van der Waals surface area (Å²) in [4.78, 5) is 3.32. The fourth-order valence-corrected chi connectivity index (χ4v) is 0.892. The van der Waals surface area contributed by atoms with E-state index in [2.05, 4.69) is 9.72 Å². The van der Waals surface area contributed by atoms with Crippen molar-refractivity contribution in [3.05, 3.63) is 17.6 Å². The van der Waals surface area contributed by atoms with Crippen molar-refractivity contribution in [1.29, 1.82) is 0 Å². The first-order valence-electron chi connectivity index (χ1n) is 3.74. The normalized spacial score (nSPS) is 11.5. The third-order valence-corrected chi connectivity index (χ3v) is 1.51. The molecular formula is C7H7F4N3O. The van der Waals surface area contributed by atoms with E-state index in [0.29, 0.717) is 0 Å². The van der Waals surface area contributed by atoms with Crippen molar-refractivity contribution in [3.63, 3.8) is 0 Å². The monoisotopic (exact) mass is 225 g/mol. The van der Waals surface area contributed by atoms with Crippen LogP contribution in [0.5, 0.6) is 5.75 Å². The van der Waals surface area contributed by atoms with Crippen LogP contribution >= 0.6 is 0 Å². The third kappa shape index (κ3) is 2.69. The van der Waals surface area contributed by atoms with Gasteiger partial charge in [-0.05, 0) is 0 Å². The molecular weight excluding hydrogens is 218 g/mol. The van der Waals surface area contributed by atoms with E-state index < -0.39 is 23.7 Å². The molecule has 1 heterocycles. The highest BCUT2D eigenvalue weighted by molar-refractivity contribution is 5.44. The van der Waals surface area contributed by atoms with E-state index >= 15 is 0 Å². The lowest BCUT2D eigenvalue weighted by Gasteiger charge is -2.13. The Balaban J connectivity index is 3.18. The summed E-state index contributed by atoms with van der Waals surface area (Å²) in [6, 6.07) is 0. The Bertz CT molecular complexity index is 366. The van der Waals surface area contributed by atoms with Crippen molar-refractivity contribution in [2.24, 2.45) is 5.73 Å². The predicted octanol–water partition coefficient (Wildman–Crippen LogP) is 1.16. The second-order valence-electron chi connectivity index (χ2n) is 2.56. The van der Waals surface area contributed by atoms with E-state index in [-0.39, 0.29) is 12.1 Å². The molecule has 8 heteroatoms. The van der Waals surface area contributed by atoms with Gasteiger partial charge in [-0.3, -0.25) is 0 Å². The first kappa shape index (κ1) is 11.5. The van der Waals surface area contributed by atoms with Gasteiger partial charge in [0.15, 0.2) is 11.6 Å². The Labute approximate surface area is 81.8 Å². The molecule has 0 fully saturated rings. The zero-order valence-electron chi connectivity index (χ0n) is 7.31. The van der Waals surface area contributed by atoms with Gasteiger partial charge in [-0.1, -0.05) is 0 Å². The molecule has 1 rings (SSSR count). The first-order valence-corrected chi connectivity index (χ1v) is 3.74. The maximum atomic E-state index is 13.1. The van der Waals surface area contributed by atoms with Crippen LogP contribution in [0.4, 0.5) is 23.4 Å². The van der Waals surface area contributed by atoms with Gasteiger partial charge in [0.2, 0.25) is 5.82 Å². The van der Waals surface area contributed by atoms with Crippen molar-refractivity contribution in [3.8, 4) is 5.75 Å². The minimum Gasteiger partial charge on any atom is -0.402 e. The van der Waals surface area contributed by atoms with Crippen molar-refractivity contribution in [2.75, 3.05) is 5.73 Å². The average molecular weight is 225 g/mol. The zero-order chi connectivity index (χ0) is 11.6. The molecule has 0 saturated carbocycles. The number of pyridine rings is 1. The molecule has 0 amide bonds. The molecule has 0 saturated heterocycles. The molecule has 0 radical (unpaired) electrons. The Kier molecular flexibility index (Phi) is 2.98. The summed E-state index contributed by atoms with van der Waals surface area (Å²) in [5, 5.41) is 0. The third-order valence-electron chi connectivity index (χ3n) is 1.51. The van der Waals surface area contributed by atoms with Gasteiger partial charge in [-0.25, -0.2) is 4.98 Å². The first-order chi connectivity index (χ1) is 6.85. The van der Waals surface area contributed by atoms with Crippen molar-refractivity contribution >= 4 is 5.82 Å². The summed E-state index contributed by atoms with van der Waals surface area (Å²) in [5.41, 5.74) is 9.87. The van der Waals surface area contributed by atoms with Gasteiger partial charge in [-0.2, -0.15) is 4.39 Å². The second-order valence-corrected chi connectivity index (χ2v) is 2.56. The summed E-state index contributed by atoms with van der Waals surface area (Å²) in [5.74, 6) is -3.07. The number of alkyl halides is 3. The molecule has 1 aromatic heterocycles. The molecule has 0 spiro atoms. The van der Waals surface area contributed by atoms with Crippen LogP contribution in [0.25, 0.3) is 0 Å². The van der Waals surface area contributed by atoms with Crippen molar-refractivity contribution in [2.45, 2.75) is 12.9 Å².